The second-order valence-electron chi connectivity index (χ2n) is 28.9. The summed E-state index contributed by atoms with van der Waals surface area (Å²) in [6, 6.07) is -2.62. The van der Waals surface area contributed by atoms with Crippen LogP contribution in [0.4, 0.5) is 0 Å². The number of carbonyl (C=O) groups is 3. The number of hydrogen-bond donors (Lipinski definition) is 14. The van der Waals surface area contributed by atoms with Gasteiger partial charge >= 0.3 is 5.97 Å². The van der Waals surface area contributed by atoms with Gasteiger partial charge in [-0.3, -0.25) is 9.59 Å². The van der Waals surface area contributed by atoms with E-state index in [9.17, 15) is 75.7 Å². The van der Waals surface area contributed by atoms with Crippen LogP contribution in [0.25, 0.3) is 0 Å². The molecule has 0 aromatic rings. The van der Waals surface area contributed by atoms with Gasteiger partial charge in [0, 0.05) is 19.8 Å². The molecule has 0 spiro atoms. The zero-order valence-electron chi connectivity index (χ0n) is 61.4. The molecule has 18 atom stereocenters. The average molecular weight is 1420 g/mol. The topological polar surface area (TPSA) is 373 Å². The van der Waals surface area contributed by atoms with Crippen molar-refractivity contribution in [2.75, 3.05) is 26.4 Å². The third-order valence-corrected chi connectivity index (χ3v) is 20.2. The molecule has 0 aliphatic carbocycles. The first kappa shape index (κ1) is 90.7. The van der Waals surface area contributed by atoms with Crippen molar-refractivity contribution >= 4 is 17.8 Å². The van der Waals surface area contributed by atoms with Crippen molar-refractivity contribution in [3.05, 3.63) is 12.2 Å². The minimum absolute atomic E-state index is 0.206. The number of aliphatic hydroxyl groups excluding tert-OH is 11. The summed E-state index contributed by atoms with van der Waals surface area (Å²) in [5, 5.41) is 136. The van der Waals surface area contributed by atoms with Gasteiger partial charge in [0.25, 0.3) is 5.79 Å². The number of carboxylic acid groups (broad SMARTS) is 1. The van der Waals surface area contributed by atoms with Gasteiger partial charge < -0.3 is 100 Å². The van der Waals surface area contributed by atoms with Crippen LogP contribution in [0.3, 0.4) is 0 Å². The lowest BCUT2D eigenvalue weighted by Gasteiger charge is -2.50. The zero-order chi connectivity index (χ0) is 72.5. The Balaban J connectivity index is 1.54. The molecule has 2 amide bonds. The molecule has 3 saturated heterocycles. The number of hydrogen-bond acceptors (Lipinski definition) is 20. The van der Waals surface area contributed by atoms with E-state index in [1.54, 1.807) is 6.08 Å². The summed E-state index contributed by atoms with van der Waals surface area (Å²) in [6.45, 7) is 2.19. The van der Waals surface area contributed by atoms with E-state index in [0.717, 1.165) is 51.9 Å². The number of aliphatic carboxylic acids is 1. The highest BCUT2D eigenvalue weighted by Gasteiger charge is 2.60. The van der Waals surface area contributed by atoms with Gasteiger partial charge in [-0.1, -0.05) is 289 Å². The monoisotopic (exact) mass is 1420 g/mol. The van der Waals surface area contributed by atoms with Crippen LogP contribution in [0.5, 0.6) is 0 Å². The molecule has 23 heteroatoms. The Morgan fingerprint density at radius 2 is 0.939 bits per heavy atom. The number of allylic oxidation sites excluding steroid dienone is 1. The van der Waals surface area contributed by atoms with E-state index < -0.39 is 155 Å². The number of rotatable bonds is 62. The molecule has 0 saturated carbocycles. The van der Waals surface area contributed by atoms with Crippen LogP contribution in [0, 0.1) is 0 Å². The summed E-state index contributed by atoms with van der Waals surface area (Å²) >= 11 is 0. The Bertz CT molecular complexity index is 2030. The van der Waals surface area contributed by atoms with Gasteiger partial charge in [0.1, 0.15) is 67.1 Å². The molecule has 3 fully saturated rings. The number of ether oxygens (including phenoxy) is 6. The van der Waals surface area contributed by atoms with E-state index in [4.69, 9.17) is 28.4 Å². The lowest BCUT2D eigenvalue weighted by Crippen LogP contribution is -2.70. The summed E-state index contributed by atoms with van der Waals surface area (Å²) in [5.74, 6) is -6.13. The molecule has 99 heavy (non-hydrogen) atoms. The third-order valence-electron chi connectivity index (χ3n) is 20.2. The first-order valence-electron chi connectivity index (χ1n) is 39.6. The normalized spacial score (nSPS) is 27.1. The molecule has 18 unspecified atom stereocenters. The maximum atomic E-state index is 13.5. The molecule has 0 aromatic heterocycles. The Labute approximate surface area is 594 Å². The standard InChI is InChI=1S/C76H142N2O21/c1-4-6-8-10-12-14-16-18-20-22-24-26-28-30-32-34-36-38-40-42-44-46-48-50-63(86)78-57(58(83)49-47-45-43-41-39-37-35-33-31-29-27-25-23-21-19-17-15-13-11-9-7-5-2)55-94-73-68(90)67(89)70(62(54-81)96-73)97-74-69(91)72(66(88)61(53-80)95-74)99-76(75(92)93)51-59(84)64(77-56(3)82)71(98-76)65(87)60(85)52-79/h47,49,57-62,64-74,79-81,83-85,87-91H,4-46,48,50-55H2,1-3H3,(H,77,82)(H,78,86)(H,92,93)/b49-47+. The van der Waals surface area contributed by atoms with Gasteiger partial charge in [0.05, 0.1) is 50.7 Å². The molecule has 0 radical (unpaired) electrons. The van der Waals surface area contributed by atoms with Crippen molar-refractivity contribution in [1.29, 1.82) is 0 Å². The van der Waals surface area contributed by atoms with Crippen LogP contribution in [-0.2, 0) is 42.8 Å². The highest BCUT2D eigenvalue weighted by atomic mass is 16.8. The maximum Gasteiger partial charge on any atom is 0.364 e. The number of amides is 2. The molecule has 0 bridgehead atoms. The molecule has 14 N–H and O–H groups in total. The summed E-state index contributed by atoms with van der Waals surface area (Å²) < 4.78 is 34.9. The van der Waals surface area contributed by atoms with Gasteiger partial charge in [-0.05, 0) is 19.3 Å². The molecule has 3 aliphatic rings. The number of carbonyl (C=O) groups excluding carboxylic acids is 2. The highest BCUT2D eigenvalue weighted by molar-refractivity contribution is 5.77. The van der Waals surface area contributed by atoms with E-state index in [0.29, 0.717) is 12.8 Å². The van der Waals surface area contributed by atoms with E-state index in [1.165, 1.54) is 225 Å². The van der Waals surface area contributed by atoms with Gasteiger partial charge in [-0.15, -0.1) is 0 Å². The zero-order valence-corrected chi connectivity index (χ0v) is 61.4. The molecular weight excluding hydrogens is 1280 g/mol. The molecule has 582 valence electrons. The Kier molecular flexibility index (Phi) is 51.2. The second-order valence-corrected chi connectivity index (χ2v) is 28.9. The first-order valence-corrected chi connectivity index (χ1v) is 39.6. The van der Waals surface area contributed by atoms with Crippen molar-refractivity contribution in [3.8, 4) is 0 Å². The second kappa shape index (κ2) is 55.9. The van der Waals surface area contributed by atoms with Crippen LogP contribution >= 0.6 is 0 Å². The third kappa shape index (κ3) is 36.8. The smallest absolute Gasteiger partial charge is 0.364 e. The predicted octanol–water partition coefficient (Wildman–Crippen LogP) is 9.80. The molecule has 3 heterocycles. The number of unbranched alkanes of at least 4 members (excludes halogenated alkanes) is 42. The first-order chi connectivity index (χ1) is 47.9. The molecular formula is C76H142N2O21. The van der Waals surface area contributed by atoms with E-state index in [-0.39, 0.29) is 12.3 Å². The predicted molar refractivity (Wildman–Crippen MR) is 380 cm³/mol. The van der Waals surface area contributed by atoms with Crippen molar-refractivity contribution in [2.45, 2.75) is 426 Å². The van der Waals surface area contributed by atoms with Crippen LogP contribution in [0.2, 0.25) is 0 Å². The molecule has 3 aliphatic heterocycles. The Morgan fingerprint density at radius 1 is 0.525 bits per heavy atom. The quantitative estimate of drug-likeness (QED) is 0.0199. The fourth-order valence-electron chi connectivity index (χ4n) is 13.9. The largest absolute Gasteiger partial charge is 0.477 e. The number of nitrogens with one attached hydrogen (secondary N) is 2. The molecule has 3 rings (SSSR count). The fraction of sp³-hybridized carbons (Fsp3) is 0.934. The number of carboxylic acids is 1. The number of aliphatic hydroxyl groups is 11. The average Bonchev–Trinajstić information content (AvgIpc) is 0.757. The van der Waals surface area contributed by atoms with Gasteiger partial charge in [-0.2, -0.15) is 0 Å². The maximum absolute atomic E-state index is 13.5. The van der Waals surface area contributed by atoms with Gasteiger partial charge in [-0.25, -0.2) is 4.79 Å². The lowest BCUT2D eigenvalue weighted by atomic mass is 9.88. The fourth-order valence-corrected chi connectivity index (χ4v) is 13.9. The summed E-state index contributed by atoms with van der Waals surface area (Å²) in [6.07, 6.45) is 29.6. The minimum atomic E-state index is -3.08. The van der Waals surface area contributed by atoms with E-state index >= 15 is 0 Å². The van der Waals surface area contributed by atoms with Crippen LogP contribution < -0.4 is 10.6 Å². The minimum Gasteiger partial charge on any atom is -0.477 e. The van der Waals surface area contributed by atoms with Gasteiger partial charge in [0.2, 0.25) is 11.8 Å². The molecule has 0 aromatic carbocycles. The summed E-state index contributed by atoms with van der Waals surface area (Å²) in [5.41, 5.74) is 0. The van der Waals surface area contributed by atoms with Crippen molar-refractivity contribution in [1.82, 2.24) is 10.6 Å². The lowest BCUT2D eigenvalue weighted by molar-refractivity contribution is -0.386. The Hall–Kier alpha value is -2.53. The molecule has 23 nitrogen and oxygen atoms in total. The summed E-state index contributed by atoms with van der Waals surface area (Å²) in [7, 11) is 0. The van der Waals surface area contributed by atoms with E-state index in [1.807, 2.05) is 6.08 Å². The van der Waals surface area contributed by atoms with Gasteiger partial charge in [0.15, 0.2) is 12.6 Å². The van der Waals surface area contributed by atoms with Crippen molar-refractivity contribution in [3.63, 3.8) is 0 Å². The van der Waals surface area contributed by atoms with Crippen molar-refractivity contribution in [2.24, 2.45) is 0 Å². The van der Waals surface area contributed by atoms with Crippen molar-refractivity contribution < 1.29 is 104 Å². The SMILES string of the molecule is CCCCCCCCCCCCCCCCCCCCCC/C=C/C(O)C(COC1OC(CO)C(OC2OC(CO)C(O)C(OC3(C(=O)O)CC(O)C(NC(C)=O)C(C(O)C(O)CO)O3)C2O)C(O)C1O)NC(=O)CCCCCCCCCCCCCCCCCCCCCCCCC. The Morgan fingerprint density at radius 3 is 1.34 bits per heavy atom. The van der Waals surface area contributed by atoms with Crippen LogP contribution in [-0.4, -0.2) is 215 Å². The van der Waals surface area contributed by atoms with Crippen LogP contribution in [0.15, 0.2) is 12.2 Å². The highest BCUT2D eigenvalue weighted by Crippen LogP contribution is 2.39. The van der Waals surface area contributed by atoms with E-state index in [2.05, 4.69) is 24.5 Å². The van der Waals surface area contributed by atoms with Crippen LogP contribution in [0.1, 0.15) is 316 Å². The summed E-state index contributed by atoms with van der Waals surface area (Å²) in [4.78, 5) is 38.7.